The minimum atomic E-state index is -0.567. The van der Waals surface area contributed by atoms with E-state index in [1.807, 2.05) is 12.3 Å². The number of fused-ring (bicyclic) bond motifs is 3. The zero-order valence-corrected chi connectivity index (χ0v) is 16.8. The number of alkyl carbamates (subject to hydrolysis) is 1. The monoisotopic (exact) mass is 433 g/mol. The Hall–Kier alpha value is -2.71. The summed E-state index contributed by atoms with van der Waals surface area (Å²) in [6, 6.07) is 3.16. The van der Waals surface area contributed by atoms with Crippen molar-refractivity contribution in [1.82, 2.24) is 25.0 Å². The Balaban J connectivity index is 1.59. The zero-order chi connectivity index (χ0) is 20.1. The number of nitrogens with zero attached hydrogens (tertiary/aromatic N) is 3. The number of benzene rings is 1. The summed E-state index contributed by atoms with van der Waals surface area (Å²) in [7, 11) is 0. The van der Waals surface area contributed by atoms with E-state index in [-0.39, 0.29) is 12.5 Å². The molecule has 2 aromatic heterocycles. The molecule has 0 spiro atoms. The van der Waals surface area contributed by atoms with Crippen LogP contribution >= 0.6 is 23.2 Å². The Kier molecular flexibility index (Phi) is 4.40. The fourth-order valence-corrected chi connectivity index (χ4v) is 4.57. The van der Waals surface area contributed by atoms with E-state index in [9.17, 15) is 9.59 Å². The molecule has 0 saturated carbocycles. The lowest BCUT2D eigenvalue weighted by Crippen LogP contribution is -2.53. The molecule has 2 amide bonds. The van der Waals surface area contributed by atoms with E-state index in [4.69, 9.17) is 27.9 Å². The van der Waals surface area contributed by atoms with E-state index >= 15 is 0 Å². The van der Waals surface area contributed by atoms with E-state index in [1.54, 1.807) is 17.2 Å². The first-order chi connectivity index (χ1) is 14.0. The van der Waals surface area contributed by atoms with Gasteiger partial charge in [-0.1, -0.05) is 29.3 Å². The summed E-state index contributed by atoms with van der Waals surface area (Å²) in [5, 5.41) is 11.5. The van der Waals surface area contributed by atoms with Gasteiger partial charge in [0.25, 0.3) is 0 Å². The number of hydrogen-bond acceptors (Lipinski definition) is 4. The maximum Gasteiger partial charge on any atom is 0.407 e. The quantitative estimate of drug-likeness (QED) is 0.648. The number of carbonyl (C=O) groups is 2. The maximum atomic E-state index is 13.0. The second-order valence-electron chi connectivity index (χ2n) is 7.10. The third kappa shape index (κ3) is 2.94. The van der Waals surface area contributed by atoms with Crippen LogP contribution in [0.25, 0.3) is 22.0 Å². The number of aromatic amines is 1. The second kappa shape index (κ2) is 6.96. The summed E-state index contributed by atoms with van der Waals surface area (Å²) in [5.74, 6) is -0.111. The Labute approximate surface area is 175 Å². The summed E-state index contributed by atoms with van der Waals surface area (Å²) in [6.45, 7) is 1.73. The summed E-state index contributed by atoms with van der Waals surface area (Å²) >= 11 is 12.8. The number of aromatic nitrogens is 3. The molecule has 4 heterocycles. The van der Waals surface area contributed by atoms with E-state index in [2.05, 4.69) is 20.1 Å². The number of amides is 2. The first-order valence-corrected chi connectivity index (χ1v) is 10.0. The van der Waals surface area contributed by atoms with Crippen LogP contribution in [-0.4, -0.2) is 50.9 Å². The molecule has 1 aromatic carbocycles. The molecule has 1 unspecified atom stereocenters. The van der Waals surface area contributed by atoms with E-state index in [1.165, 1.54) is 0 Å². The highest BCUT2D eigenvalue weighted by Gasteiger charge is 2.33. The molecule has 2 N–H and O–H groups in total. The van der Waals surface area contributed by atoms with Crippen molar-refractivity contribution in [1.29, 1.82) is 0 Å². The number of H-pyrrole nitrogens is 1. The van der Waals surface area contributed by atoms with Gasteiger partial charge in [0, 0.05) is 47.9 Å². The van der Waals surface area contributed by atoms with Gasteiger partial charge in [-0.25, -0.2) is 4.79 Å². The van der Waals surface area contributed by atoms with Crippen LogP contribution in [0.4, 0.5) is 4.79 Å². The minimum Gasteiger partial charge on any atom is -0.449 e. The van der Waals surface area contributed by atoms with Gasteiger partial charge >= 0.3 is 6.09 Å². The molecule has 3 aromatic rings. The third-order valence-electron chi connectivity index (χ3n) is 5.49. The number of ether oxygens (including phenoxy) is 1. The standard InChI is InChI=1S/C19H17Cl2N5O3/c20-12-2-1-11-15(10-7-22-23-8-10)14-9-25(4-5-26(14)17(11)16(12)21)18(27)13-3-6-29-19(28)24-13/h1-2,7-8,13H,3-6,9H2,(H,22,23)(H,24,28). The fourth-order valence-electron chi connectivity index (χ4n) is 4.15. The van der Waals surface area contributed by atoms with Gasteiger partial charge < -0.3 is 19.5 Å². The number of carbonyl (C=O) groups excluding carboxylic acids is 2. The van der Waals surface area contributed by atoms with Crippen molar-refractivity contribution in [3.8, 4) is 11.1 Å². The molecule has 2 aliphatic heterocycles. The summed E-state index contributed by atoms with van der Waals surface area (Å²) in [6.07, 6.45) is 3.47. The largest absolute Gasteiger partial charge is 0.449 e. The van der Waals surface area contributed by atoms with E-state index < -0.39 is 12.1 Å². The molecule has 0 aliphatic carbocycles. The third-order valence-corrected chi connectivity index (χ3v) is 6.28. The second-order valence-corrected chi connectivity index (χ2v) is 7.88. The summed E-state index contributed by atoms with van der Waals surface area (Å²) < 4.78 is 6.99. The number of rotatable bonds is 2. The van der Waals surface area contributed by atoms with Crippen LogP contribution in [0.5, 0.6) is 0 Å². The van der Waals surface area contributed by atoms with Gasteiger partial charge in [-0.05, 0) is 6.07 Å². The lowest BCUT2D eigenvalue weighted by Gasteiger charge is -2.33. The van der Waals surface area contributed by atoms with Crippen molar-refractivity contribution < 1.29 is 14.3 Å². The van der Waals surface area contributed by atoms with Gasteiger partial charge in [0.2, 0.25) is 5.91 Å². The van der Waals surface area contributed by atoms with Crippen molar-refractivity contribution in [3.63, 3.8) is 0 Å². The van der Waals surface area contributed by atoms with Crippen LogP contribution in [0.15, 0.2) is 24.5 Å². The highest BCUT2D eigenvalue weighted by molar-refractivity contribution is 6.45. The predicted molar refractivity (Wildman–Crippen MR) is 108 cm³/mol. The van der Waals surface area contributed by atoms with Crippen LogP contribution in [0.1, 0.15) is 12.1 Å². The summed E-state index contributed by atoms with van der Waals surface area (Å²) in [4.78, 5) is 26.3. The van der Waals surface area contributed by atoms with Crippen molar-refractivity contribution in [2.24, 2.45) is 0 Å². The molecule has 1 saturated heterocycles. The Morgan fingerprint density at radius 3 is 2.90 bits per heavy atom. The molecule has 150 valence electrons. The van der Waals surface area contributed by atoms with Gasteiger partial charge in [-0.2, -0.15) is 5.10 Å². The average molecular weight is 434 g/mol. The molecule has 2 aliphatic rings. The SMILES string of the molecule is O=C1NC(C(=O)N2CCn3c(c(-c4cn[nH]c4)c4ccc(Cl)c(Cl)c43)C2)CCO1. The highest BCUT2D eigenvalue weighted by atomic mass is 35.5. The molecular formula is C19H17Cl2N5O3. The number of hydrogen-bond donors (Lipinski definition) is 2. The molecule has 8 nitrogen and oxygen atoms in total. The lowest BCUT2D eigenvalue weighted by molar-refractivity contribution is -0.135. The van der Waals surface area contributed by atoms with Crippen LogP contribution in [0, 0.1) is 0 Å². The Bertz CT molecular complexity index is 1130. The molecule has 0 bridgehead atoms. The smallest absolute Gasteiger partial charge is 0.407 e. The molecule has 1 fully saturated rings. The first kappa shape index (κ1) is 18.3. The van der Waals surface area contributed by atoms with Gasteiger partial charge in [-0.15, -0.1) is 0 Å². The average Bonchev–Trinajstić information content (AvgIpc) is 3.35. The molecule has 10 heteroatoms. The topological polar surface area (TPSA) is 92.3 Å². The van der Waals surface area contributed by atoms with Crippen LogP contribution in [0.3, 0.4) is 0 Å². The molecule has 1 atom stereocenters. The number of nitrogens with one attached hydrogen (secondary N) is 2. The van der Waals surface area contributed by atoms with Crippen molar-refractivity contribution in [3.05, 3.63) is 40.3 Å². The first-order valence-electron chi connectivity index (χ1n) is 9.25. The zero-order valence-electron chi connectivity index (χ0n) is 15.2. The van der Waals surface area contributed by atoms with Gasteiger partial charge in [0.05, 0.1) is 34.9 Å². The fraction of sp³-hybridized carbons (Fsp3) is 0.316. The molecule has 5 rings (SSSR count). The van der Waals surface area contributed by atoms with Crippen LogP contribution in [0.2, 0.25) is 10.0 Å². The Morgan fingerprint density at radius 2 is 2.14 bits per heavy atom. The van der Waals surface area contributed by atoms with Crippen LogP contribution < -0.4 is 5.32 Å². The Morgan fingerprint density at radius 1 is 1.28 bits per heavy atom. The molecule has 29 heavy (non-hydrogen) atoms. The molecular weight excluding hydrogens is 417 g/mol. The van der Waals surface area contributed by atoms with E-state index in [0.29, 0.717) is 36.1 Å². The van der Waals surface area contributed by atoms with Crippen molar-refractivity contribution in [2.75, 3.05) is 13.2 Å². The normalized spacial score (nSPS) is 19.0. The predicted octanol–water partition coefficient (Wildman–Crippen LogP) is 3.18. The van der Waals surface area contributed by atoms with Gasteiger partial charge in [0.15, 0.2) is 0 Å². The van der Waals surface area contributed by atoms with Crippen LogP contribution in [-0.2, 0) is 22.6 Å². The highest BCUT2D eigenvalue weighted by Crippen LogP contribution is 2.42. The maximum absolute atomic E-state index is 13.0. The van der Waals surface area contributed by atoms with Crippen molar-refractivity contribution >= 4 is 46.1 Å². The van der Waals surface area contributed by atoms with Gasteiger partial charge in [-0.3, -0.25) is 9.89 Å². The molecule has 0 radical (unpaired) electrons. The minimum absolute atomic E-state index is 0.111. The summed E-state index contributed by atoms with van der Waals surface area (Å²) in [5.41, 5.74) is 3.71. The number of cyclic esters (lactones) is 1. The van der Waals surface area contributed by atoms with Gasteiger partial charge in [0.1, 0.15) is 6.04 Å². The van der Waals surface area contributed by atoms with Crippen molar-refractivity contribution in [2.45, 2.75) is 25.6 Å². The lowest BCUT2D eigenvalue weighted by atomic mass is 10.0. The number of halogens is 2. The van der Waals surface area contributed by atoms with E-state index in [0.717, 1.165) is 27.7 Å².